The SMILES string of the molecule is N=C(Cl)C1=C[N@@+]([O-])(OC[C@H](O)CN2CCCCC2)CC=C1. The van der Waals surface area contributed by atoms with Gasteiger partial charge in [-0.15, -0.1) is 0 Å². The molecule has 2 N–H and O–H groups in total. The highest BCUT2D eigenvalue weighted by Gasteiger charge is 2.23. The third kappa shape index (κ3) is 5.18. The number of hydroxylamine groups is 4. The smallest absolute Gasteiger partial charge is 0.139 e. The number of allylic oxidation sites excluding steroid dienone is 2. The van der Waals surface area contributed by atoms with Crippen molar-refractivity contribution in [3.05, 3.63) is 29.1 Å². The van der Waals surface area contributed by atoms with Crippen molar-refractivity contribution in [1.82, 2.24) is 4.90 Å². The summed E-state index contributed by atoms with van der Waals surface area (Å²) in [6.45, 7) is 2.59. The highest BCUT2D eigenvalue weighted by atomic mass is 35.5. The third-order valence-electron chi connectivity index (χ3n) is 3.65. The van der Waals surface area contributed by atoms with Crippen LogP contribution in [0.1, 0.15) is 19.3 Å². The summed E-state index contributed by atoms with van der Waals surface area (Å²) >= 11 is 5.58. The van der Waals surface area contributed by atoms with E-state index in [1.165, 1.54) is 12.6 Å². The van der Waals surface area contributed by atoms with Crippen molar-refractivity contribution in [2.45, 2.75) is 25.4 Å². The van der Waals surface area contributed by atoms with Crippen LogP contribution in [0.5, 0.6) is 0 Å². The molecule has 6 nitrogen and oxygen atoms in total. The number of nitrogens with one attached hydrogen (secondary N) is 1. The van der Waals surface area contributed by atoms with E-state index < -0.39 is 10.9 Å². The lowest BCUT2D eigenvalue weighted by atomic mass is 10.1. The van der Waals surface area contributed by atoms with Gasteiger partial charge in [0, 0.05) is 6.54 Å². The van der Waals surface area contributed by atoms with E-state index in [9.17, 15) is 10.3 Å². The van der Waals surface area contributed by atoms with Crippen LogP contribution in [0.15, 0.2) is 23.9 Å². The van der Waals surface area contributed by atoms with Crippen LogP contribution >= 0.6 is 11.6 Å². The molecule has 118 valence electrons. The first-order valence-electron chi connectivity index (χ1n) is 7.26. The Kier molecular flexibility index (Phi) is 5.92. The van der Waals surface area contributed by atoms with E-state index in [0.717, 1.165) is 25.9 Å². The minimum Gasteiger partial charge on any atom is -0.593 e. The van der Waals surface area contributed by atoms with E-state index >= 15 is 0 Å². The number of likely N-dealkylation sites (tertiary alicyclic amines) is 1. The number of hydrogen-bond acceptors (Lipinski definition) is 5. The number of piperidine rings is 1. The molecule has 2 aliphatic heterocycles. The molecule has 7 heteroatoms. The fourth-order valence-corrected chi connectivity index (χ4v) is 2.67. The highest BCUT2D eigenvalue weighted by molar-refractivity contribution is 6.69. The Hall–Kier alpha value is -0.760. The minimum atomic E-state index is -1.04. The number of rotatable bonds is 6. The molecule has 0 aromatic carbocycles. The Balaban J connectivity index is 1.81. The topological polar surface area (TPSA) is 79.6 Å². The van der Waals surface area contributed by atoms with Crippen LogP contribution < -0.4 is 0 Å². The second-order valence-corrected chi connectivity index (χ2v) is 5.90. The summed E-state index contributed by atoms with van der Waals surface area (Å²) in [6.07, 6.45) is 7.36. The lowest BCUT2D eigenvalue weighted by molar-refractivity contribution is -1.02. The molecule has 0 saturated carbocycles. The molecule has 0 amide bonds. The van der Waals surface area contributed by atoms with Crippen molar-refractivity contribution in [2.75, 3.05) is 32.8 Å². The zero-order valence-electron chi connectivity index (χ0n) is 12.0. The van der Waals surface area contributed by atoms with Gasteiger partial charge in [0.05, 0.1) is 11.7 Å². The maximum absolute atomic E-state index is 12.3. The van der Waals surface area contributed by atoms with E-state index in [1.54, 1.807) is 12.2 Å². The molecule has 0 aromatic rings. The van der Waals surface area contributed by atoms with Crippen molar-refractivity contribution < 1.29 is 14.8 Å². The zero-order valence-corrected chi connectivity index (χ0v) is 12.8. The van der Waals surface area contributed by atoms with E-state index in [0.29, 0.717) is 12.1 Å². The van der Waals surface area contributed by atoms with Gasteiger partial charge in [0.15, 0.2) is 0 Å². The minimum absolute atomic E-state index is 0.0345. The molecule has 0 unspecified atom stereocenters. The average Bonchev–Trinajstić information content (AvgIpc) is 2.46. The van der Waals surface area contributed by atoms with Gasteiger partial charge >= 0.3 is 0 Å². The Bertz CT molecular complexity index is 435. The molecule has 0 aromatic heterocycles. The van der Waals surface area contributed by atoms with E-state index in [4.69, 9.17) is 21.8 Å². The van der Waals surface area contributed by atoms with Crippen molar-refractivity contribution in [1.29, 1.82) is 5.41 Å². The molecule has 2 aliphatic rings. The van der Waals surface area contributed by atoms with Gasteiger partial charge in [-0.3, -0.25) is 5.41 Å². The first-order chi connectivity index (χ1) is 9.98. The van der Waals surface area contributed by atoms with Gasteiger partial charge in [0.2, 0.25) is 0 Å². The van der Waals surface area contributed by atoms with Crippen LogP contribution in [0.3, 0.4) is 0 Å². The Morgan fingerprint density at radius 3 is 2.86 bits per heavy atom. The van der Waals surface area contributed by atoms with Gasteiger partial charge in [-0.2, -0.15) is 9.65 Å². The van der Waals surface area contributed by atoms with Crippen molar-refractivity contribution >= 4 is 16.8 Å². The monoisotopic (exact) mass is 315 g/mol. The molecule has 0 spiro atoms. The summed E-state index contributed by atoms with van der Waals surface area (Å²) in [6, 6.07) is 0. The first-order valence-corrected chi connectivity index (χ1v) is 7.64. The summed E-state index contributed by atoms with van der Waals surface area (Å²) in [4.78, 5) is 6.43. The Morgan fingerprint density at radius 1 is 1.48 bits per heavy atom. The van der Waals surface area contributed by atoms with Gasteiger partial charge in [0.1, 0.15) is 24.5 Å². The number of hydrogen-bond donors (Lipinski definition) is 2. The third-order valence-corrected chi connectivity index (χ3v) is 3.87. The molecule has 1 fully saturated rings. The lowest BCUT2D eigenvalue weighted by Crippen LogP contribution is -2.44. The number of aliphatic hydroxyl groups excluding tert-OH is 1. The van der Waals surface area contributed by atoms with Crippen LogP contribution in [0.2, 0.25) is 0 Å². The summed E-state index contributed by atoms with van der Waals surface area (Å²) in [5, 5.41) is 29.5. The maximum Gasteiger partial charge on any atom is 0.139 e. The molecular formula is C14H22ClN3O3. The molecule has 0 aliphatic carbocycles. The normalized spacial score (nSPS) is 28.2. The molecule has 2 heterocycles. The largest absolute Gasteiger partial charge is 0.593 e. The second-order valence-electron chi connectivity index (χ2n) is 5.52. The molecule has 1 saturated heterocycles. The summed E-state index contributed by atoms with van der Waals surface area (Å²) in [5.41, 5.74) is 0.337. The van der Waals surface area contributed by atoms with Crippen LogP contribution in [0, 0.1) is 10.6 Å². The van der Waals surface area contributed by atoms with Crippen molar-refractivity contribution in [3.63, 3.8) is 0 Å². The van der Waals surface area contributed by atoms with Crippen molar-refractivity contribution in [3.8, 4) is 0 Å². The molecule has 2 rings (SSSR count). The van der Waals surface area contributed by atoms with E-state index in [-0.39, 0.29) is 18.3 Å². The predicted molar refractivity (Wildman–Crippen MR) is 81.5 cm³/mol. The first kappa shape index (κ1) is 16.6. The van der Waals surface area contributed by atoms with Crippen LogP contribution in [-0.4, -0.2) is 58.9 Å². The van der Waals surface area contributed by atoms with Gasteiger partial charge in [-0.05, 0) is 38.1 Å². The van der Waals surface area contributed by atoms with Crippen molar-refractivity contribution in [2.24, 2.45) is 0 Å². The highest BCUT2D eigenvalue weighted by Crippen LogP contribution is 2.19. The van der Waals surface area contributed by atoms with Gasteiger partial charge in [-0.1, -0.05) is 18.0 Å². The van der Waals surface area contributed by atoms with E-state index in [2.05, 4.69) is 4.90 Å². The van der Waals surface area contributed by atoms with Crippen LogP contribution in [0.25, 0.3) is 0 Å². The quantitative estimate of drug-likeness (QED) is 0.444. The number of nitrogens with zero attached hydrogens (tertiary/aromatic N) is 2. The standard InChI is InChI=1S/C14H22ClN3O3/c15-14(16)12-5-4-8-18(20,10-12)21-11-13(19)9-17-6-2-1-3-7-17/h4-5,10,13,16,19H,1-3,6-9,11H2/t13-,18+/m1/s1. The lowest BCUT2D eigenvalue weighted by Gasteiger charge is -2.37. The average molecular weight is 316 g/mol. The van der Waals surface area contributed by atoms with E-state index in [1.807, 2.05) is 0 Å². The number of aliphatic hydroxyl groups is 1. The fraction of sp³-hybridized carbons (Fsp3) is 0.643. The number of halogens is 1. The molecular weight excluding hydrogens is 294 g/mol. The van der Waals surface area contributed by atoms with Crippen LogP contribution in [-0.2, 0) is 4.84 Å². The molecule has 0 bridgehead atoms. The molecule has 2 atom stereocenters. The molecule has 21 heavy (non-hydrogen) atoms. The van der Waals surface area contributed by atoms with Crippen LogP contribution in [0.4, 0.5) is 0 Å². The number of β-amino-alcohol motifs (C(OH)–C–C–N with tert-alkyl or cyclic N) is 1. The second kappa shape index (κ2) is 7.49. The maximum atomic E-state index is 12.3. The van der Waals surface area contributed by atoms with Gasteiger partial charge in [-0.25, -0.2) is 0 Å². The summed E-state index contributed by atoms with van der Waals surface area (Å²) < 4.78 is 0. The number of quaternary nitrogens is 1. The Labute approximate surface area is 129 Å². The molecule has 0 radical (unpaired) electrons. The summed E-state index contributed by atoms with van der Waals surface area (Å²) in [5.74, 6) is 0. The predicted octanol–water partition coefficient (Wildman–Crippen LogP) is 1.75. The Morgan fingerprint density at radius 2 is 2.19 bits per heavy atom. The fourth-order valence-electron chi connectivity index (χ4n) is 2.56. The zero-order chi connectivity index (χ0) is 15.3. The van der Waals surface area contributed by atoms with Gasteiger partial charge < -0.3 is 15.2 Å². The summed E-state index contributed by atoms with van der Waals surface area (Å²) in [7, 11) is 0. The van der Waals surface area contributed by atoms with Gasteiger partial charge in [0.25, 0.3) is 0 Å².